The highest BCUT2D eigenvalue weighted by Crippen LogP contribution is 2.19. The fourth-order valence-corrected chi connectivity index (χ4v) is 3.86. The lowest BCUT2D eigenvalue weighted by Crippen LogP contribution is -2.49. The number of nitrogens with one attached hydrogen (secondary N) is 1. The number of hydrogen-bond acceptors (Lipinski definition) is 3. The second-order valence-electron chi connectivity index (χ2n) is 7.42. The first kappa shape index (κ1) is 21.3. The molecule has 5 nitrogen and oxygen atoms in total. The zero-order valence-electron chi connectivity index (χ0n) is 16.4. The van der Waals surface area contributed by atoms with Crippen molar-refractivity contribution in [1.29, 1.82) is 0 Å². The molecule has 0 spiro atoms. The van der Waals surface area contributed by atoms with Crippen LogP contribution in [-0.4, -0.2) is 42.9 Å². The van der Waals surface area contributed by atoms with Crippen LogP contribution < -0.4 is 10.2 Å². The van der Waals surface area contributed by atoms with Crippen LogP contribution in [0.3, 0.4) is 0 Å². The topological polar surface area (TPSA) is 52.7 Å². The van der Waals surface area contributed by atoms with E-state index in [1.54, 1.807) is 12.1 Å². The summed E-state index contributed by atoms with van der Waals surface area (Å²) in [5.41, 5.74) is 1.70. The maximum Gasteiger partial charge on any atom is 0.224 e. The number of benzene rings is 2. The Bertz CT molecular complexity index is 851. The molecule has 0 aliphatic carbocycles. The van der Waals surface area contributed by atoms with Crippen molar-refractivity contribution in [3.8, 4) is 0 Å². The summed E-state index contributed by atoms with van der Waals surface area (Å²) in [7, 11) is 0. The van der Waals surface area contributed by atoms with Crippen LogP contribution in [0.25, 0.3) is 0 Å². The van der Waals surface area contributed by atoms with Crippen molar-refractivity contribution in [1.82, 2.24) is 4.90 Å². The van der Waals surface area contributed by atoms with Crippen molar-refractivity contribution in [2.75, 3.05) is 36.4 Å². The second-order valence-corrected chi connectivity index (χ2v) is 8.33. The quantitative estimate of drug-likeness (QED) is 0.697. The van der Waals surface area contributed by atoms with Gasteiger partial charge < -0.3 is 15.1 Å². The zero-order valence-corrected chi connectivity index (χ0v) is 18.0. The molecule has 0 radical (unpaired) electrons. The second kappa shape index (κ2) is 9.87. The van der Waals surface area contributed by atoms with Crippen LogP contribution >= 0.6 is 15.9 Å². The van der Waals surface area contributed by atoms with E-state index in [1.807, 2.05) is 36.1 Å². The highest BCUT2D eigenvalue weighted by Gasteiger charge is 2.23. The average molecular weight is 462 g/mol. The Balaban J connectivity index is 1.43. The van der Waals surface area contributed by atoms with Crippen LogP contribution in [0.2, 0.25) is 0 Å². The van der Waals surface area contributed by atoms with E-state index in [9.17, 15) is 14.0 Å². The van der Waals surface area contributed by atoms with E-state index >= 15 is 0 Å². The Kier molecular flexibility index (Phi) is 7.25. The molecular weight excluding hydrogens is 437 g/mol. The molecule has 1 atom stereocenters. The summed E-state index contributed by atoms with van der Waals surface area (Å²) in [6, 6.07) is 13.9. The number of carbonyl (C=O) groups is 2. The SMILES string of the molecule is C[C@H](CC(=O)Nc1cccc(Br)c1)CC(=O)N1CCN(c2ccc(F)cc2)CC1. The molecule has 0 bridgehead atoms. The number of hydrogen-bond donors (Lipinski definition) is 1. The van der Waals surface area contributed by atoms with Crippen LogP contribution in [-0.2, 0) is 9.59 Å². The molecule has 3 rings (SSSR count). The van der Waals surface area contributed by atoms with Crippen LogP contribution in [0, 0.1) is 11.7 Å². The van der Waals surface area contributed by atoms with Gasteiger partial charge in [-0.3, -0.25) is 9.59 Å². The van der Waals surface area contributed by atoms with Crippen molar-refractivity contribution < 1.29 is 14.0 Å². The number of halogens is 2. The van der Waals surface area contributed by atoms with Gasteiger partial charge in [0.25, 0.3) is 0 Å². The van der Waals surface area contributed by atoms with Crippen LogP contribution in [0.4, 0.5) is 15.8 Å². The van der Waals surface area contributed by atoms with Crippen LogP contribution in [0.5, 0.6) is 0 Å². The monoisotopic (exact) mass is 461 g/mol. The predicted molar refractivity (Wildman–Crippen MR) is 116 cm³/mol. The molecule has 1 N–H and O–H groups in total. The van der Waals surface area contributed by atoms with Crippen molar-refractivity contribution in [2.45, 2.75) is 19.8 Å². The van der Waals surface area contributed by atoms with E-state index in [-0.39, 0.29) is 23.5 Å². The molecule has 1 aliphatic rings. The first-order valence-electron chi connectivity index (χ1n) is 9.74. The summed E-state index contributed by atoms with van der Waals surface area (Å²) in [6.45, 7) is 4.62. The van der Waals surface area contributed by atoms with Gasteiger partial charge in [0.15, 0.2) is 0 Å². The largest absolute Gasteiger partial charge is 0.368 e. The van der Waals surface area contributed by atoms with Gasteiger partial charge in [-0.05, 0) is 48.4 Å². The molecule has 0 unspecified atom stereocenters. The Morgan fingerprint density at radius 1 is 1.07 bits per heavy atom. The van der Waals surface area contributed by atoms with E-state index < -0.39 is 0 Å². The molecule has 2 aromatic carbocycles. The molecule has 1 saturated heterocycles. The van der Waals surface area contributed by atoms with Crippen molar-refractivity contribution in [3.63, 3.8) is 0 Å². The lowest BCUT2D eigenvalue weighted by atomic mass is 10.0. The maximum absolute atomic E-state index is 13.1. The molecule has 1 aliphatic heterocycles. The molecule has 2 aromatic rings. The van der Waals surface area contributed by atoms with Crippen molar-refractivity contribution in [3.05, 3.63) is 58.8 Å². The summed E-state index contributed by atoms with van der Waals surface area (Å²) in [5, 5.41) is 2.87. The van der Waals surface area contributed by atoms with E-state index in [0.717, 1.165) is 28.9 Å². The fraction of sp³-hybridized carbons (Fsp3) is 0.364. The Hall–Kier alpha value is -2.41. The number of piperazine rings is 1. The first-order valence-corrected chi connectivity index (χ1v) is 10.5. The number of anilines is 2. The molecule has 0 aromatic heterocycles. The third kappa shape index (κ3) is 6.29. The third-order valence-corrected chi connectivity index (χ3v) is 5.48. The number of nitrogens with zero attached hydrogens (tertiary/aromatic N) is 2. The minimum atomic E-state index is -0.250. The van der Waals surface area contributed by atoms with Gasteiger partial charge >= 0.3 is 0 Å². The van der Waals surface area contributed by atoms with Gasteiger partial charge in [0.2, 0.25) is 11.8 Å². The van der Waals surface area contributed by atoms with Crippen LogP contribution in [0.15, 0.2) is 53.0 Å². The Labute approximate surface area is 179 Å². The van der Waals surface area contributed by atoms with Gasteiger partial charge in [-0.2, -0.15) is 0 Å². The minimum Gasteiger partial charge on any atom is -0.368 e. The lowest BCUT2D eigenvalue weighted by molar-refractivity contribution is -0.132. The normalized spacial score (nSPS) is 15.1. The van der Waals surface area contributed by atoms with Crippen LogP contribution in [0.1, 0.15) is 19.8 Å². The number of amides is 2. The summed E-state index contributed by atoms with van der Waals surface area (Å²) in [4.78, 5) is 28.8. The zero-order chi connectivity index (χ0) is 20.8. The van der Waals surface area contributed by atoms with Gasteiger partial charge in [0.05, 0.1) is 0 Å². The third-order valence-electron chi connectivity index (χ3n) is 4.99. The van der Waals surface area contributed by atoms with E-state index in [2.05, 4.69) is 26.1 Å². The van der Waals surface area contributed by atoms with Gasteiger partial charge in [0, 0.05) is 54.9 Å². The average Bonchev–Trinajstić information content (AvgIpc) is 2.68. The van der Waals surface area contributed by atoms with E-state index in [1.165, 1.54) is 12.1 Å². The summed E-state index contributed by atoms with van der Waals surface area (Å²) in [5.74, 6) is -0.304. The smallest absolute Gasteiger partial charge is 0.224 e. The van der Waals surface area contributed by atoms with Gasteiger partial charge in [-0.25, -0.2) is 4.39 Å². The first-order chi connectivity index (χ1) is 13.9. The molecule has 29 heavy (non-hydrogen) atoms. The molecule has 0 saturated carbocycles. The number of rotatable bonds is 6. The predicted octanol–water partition coefficient (Wildman–Crippen LogP) is 4.29. The van der Waals surface area contributed by atoms with Gasteiger partial charge in [-0.15, -0.1) is 0 Å². The molecular formula is C22H25BrFN3O2. The molecule has 154 valence electrons. The Morgan fingerprint density at radius 2 is 1.76 bits per heavy atom. The highest BCUT2D eigenvalue weighted by molar-refractivity contribution is 9.10. The minimum absolute atomic E-state index is 0.0372. The number of carbonyl (C=O) groups excluding carboxylic acids is 2. The van der Waals surface area contributed by atoms with E-state index in [4.69, 9.17) is 0 Å². The Morgan fingerprint density at radius 3 is 2.41 bits per heavy atom. The fourth-order valence-electron chi connectivity index (χ4n) is 3.46. The maximum atomic E-state index is 13.1. The molecule has 1 fully saturated rings. The molecule has 2 amide bonds. The van der Waals surface area contributed by atoms with E-state index in [0.29, 0.717) is 25.9 Å². The lowest BCUT2D eigenvalue weighted by Gasteiger charge is -2.36. The summed E-state index contributed by atoms with van der Waals surface area (Å²) >= 11 is 3.38. The summed E-state index contributed by atoms with van der Waals surface area (Å²) in [6.07, 6.45) is 0.649. The standard InChI is InChI=1S/C22H25BrFN3O2/c1-16(13-21(28)25-19-4-2-3-17(23)15-19)14-22(29)27-11-9-26(10-12-27)20-7-5-18(24)6-8-20/h2-8,15-16H,9-14H2,1H3,(H,25,28)/t16-/m1/s1. The molecule has 7 heteroatoms. The van der Waals surface area contributed by atoms with Gasteiger partial charge in [0.1, 0.15) is 5.82 Å². The molecule has 1 heterocycles. The highest BCUT2D eigenvalue weighted by atomic mass is 79.9. The van der Waals surface area contributed by atoms with Crippen molar-refractivity contribution in [2.24, 2.45) is 5.92 Å². The summed E-state index contributed by atoms with van der Waals surface area (Å²) < 4.78 is 14.0. The van der Waals surface area contributed by atoms with Gasteiger partial charge in [-0.1, -0.05) is 28.9 Å². The van der Waals surface area contributed by atoms with Crippen molar-refractivity contribution >= 4 is 39.1 Å².